The number of hydrogen-bond donors (Lipinski definition) is 2. The van der Waals surface area contributed by atoms with E-state index in [2.05, 4.69) is 23.1 Å². The van der Waals surface area contributed by atoms with E-state index in [-0.39, 0.29) is 5.92 Å². The van der Waals surface area contributed by atoms with Gasteiger partial charge >= 0.3 is 5.97 Å². The van der Waals surface area contributed by atoms with Gasteiger partial charge in [-0.15, -0.1) is 0 Å². The van der Waals surface area contributed by atoms with Crippen molar-refractivity contribution in [2.24, 2.45) is 16.6 Å². The van der Waals surface area contributed by atoms with Gasteiger partial charge < -0.3 is 15.7 Å². The summed E-state index contributed by atoms with van der Waals surface area (Å²) in [7, 11) is 5.55. The van der Waals surface area contributed by atoms with Crippen molar-refractivity contribution >= 4 is 36.1 Å². The SMILES string of the molecule is [B]CCCCC(N)(C(=O)O)C1CCN(C(C)=Nc2cccc3ccccc23)CC1. The zero-order valence-electron chi connectivity index (χ0n) is 17.2. The van der Waals surface area contributed by atoms with E-state index in [0.29, 0.717) is 12.7 Å². The van der Waals surface area contributed by atoms with E-state index in [9.17, 15) is 9.90 Å². The molecule has 29 heavy (non-hydrogen) atoms. The van der Waals surface area contributed by atoms with Crippen LogP contribution in [0.1, 0.15) is 39.0 Å². The second-order valence-electron chi connectivity index (χ2n) is 8.01. The van der Waals surface area contributed by atoms with Crippen molar-refractivity contribution in [2.75, 3.05) is 13.1 Å². The Morgan fingerprint density at radius 3 is 2.59 bits per heavy atom. The standard InChI is InChI=1S/C23H30BN3O2/c1-17(26-21-10-6-8-18-7-2-3-9-20(18)21)27-15-11-19(12-16-27)23(25,22(28)29)13-4-5-14-24/h2-3,6-10,19H,4-5,11-16,25H2,1H3,(H,28,29). The van der Waals surface area contributed by atoms with Gasteiger partial charge in [0.05, 0.1) is 13.5 Å². The second kappa shape index (κ2) is 9.44. The second-order valence-corrected chi connectivity index (χ2v) is 8.01. The van der Waals surface area contributed by atoms with Crippen LogP contribution < -0.4 is 5.73 Å². The maximum absolute atomic E-state index is 11.9. The highest BCUT2D eigenvalue weighted by Crippen LogP contribution is 2.32. The number of aliphatic carboxylic acids is 1. The Kier molecular flexibility index (Phi) is 6.96. The molecule has 0 saturated carbocycles. The van der Waals surface area contributed by atoms with Gasteiger partial charge in [0, 0.05) is 18.5 Å². The van der Waals surface area contributed by atoms with Crippen LogP contribution in [0.2, 0.25) is 6.32 Å². The molecule has 0 aromatic heterocycles. The third kappa shape index (κ3) is 4.81. The Hall–Kier alpha value is -2.34. The minimum Gasteiger partial charge on any atom is -0.480 e. The van der Waals surface area contributed by atoms with Gasteiger partial charge in [0.2, 0.25) is 0 Å². The first kappa shape index (κ1) is 21.4. The number of nitrogens with two attached hydrogens (primary N) is 1. The smallest absolute Gasteiger partial charge is 0.323 e. The molecular formula is C23H30BN3O2. The fourth-order valence-electron chi connectivity index (χ4n) is 4.32. The third-order valence-corrected chi connectivity index (χ3v) is 6.17. The summed E-state index contributed by atoms with van der Waals surface area (Å²) in [5.41, 5.74) is 6.17. The van der Waals surface area contributed by atoms with Crippen molar-refractivity contribution in [2.45, 2.75) is 50.9 Å². The van der Waals surface area contributed by atoms with Crippen LogP contribution in [0.5, 0.6) is 0 Å². The number of piperidine rings is 1. The van der Waals surface area contributed by atoms with Crippen LogP contribution in [-0.4, -0.2) is 48.3 Å². The number of carboxylic acids is 1. The largest absolute Gasteiger partial charge is 0.480 e. The minimum atomic E-state index is -1.16. The number of aliphatic imine (C=N–C) groups is 1. The first-order chi connectivity index (χ1) is 14.0. The monoisotopic (exact) mass is 391 g/mol. The summed E-state index contributed by atoms with van der Waals surface area (Å²) in [6, 6.07) is 14.4. The van der Waals surface area contributed by atoms with Crippen LogP contribution in [0.4, 0.5) is 5.69 Å². The Bertz CT molecular complexity index is 872. The van der Waals surface area contributed by atoms with E-state index in [4.69, 9.17) is 18.6 Å². The Labute approximate surface area is 174 Å². The molecule has 1 fully saturated rings. The highest BCUT2D eigenvalue weighted by atomic mass is 16.4. The van der Waals surface area contributed by atoms with Gasteiger partial charge in [0.15, 0.2) is 0 Å². The molecule has 152 valence electrons. The lowest BCUT2D eigenvalue weighted by atomic mass is 9.75. The molecule has 2 aromatic rings. The predicted octanol–water partition coefficient (Wildman–Crippen LogP) is 4.14. The number of benzene rings is 2. The summed E-state index contributed by atoms with van der Waals surface area (Å²) >= 11 is 0. The summed E-state index contributed by atoms with van der Waals surface area (Å²) in [5, 5.41) is 12.1. The lowest BCUT2D eigenvalue weighted by Crippen LogP contribution is -2.57. The summed E-state index contributed by atoms with van der Waals surface area (Å²) in [6.07, 6.45) is 4.12. The molecule has 0 bridgehead atoms. The number of carbonyl (C=O) groups is 1. The highest BCUT2D eigenvalue weighted by molar-refractivity contribution is 6.08. The molecule has 1 saturated heterocycles. The third-order valence-electron chi connectivity index (χ3n) is 6.17. The molecule has 5 nitrogen and oxygen atoms in total. The van der Waals surface area contributed by atoms with E-state index in [1.165, 1.54) is 5.39 Å². The maximum Gasteiger partial charge on any atom is 0.323 e. The number of fused-ring (bicyclic) bond motifs is 1. The molecule has 1 aliphatic heterocycles. The number of carboxylic acid groups (broad SMARTS) is 1. The van der Waals surface area contributed by atoms with E-state index < -0.39 is 11.5 Å². The Morgan fingerprint density at radius 2 is 1.90 bits per heavy atom. The summed E-state index contributed by atoms with van der Waals surface area (Å²) in [6.45, 7) is 3.57. The predicted molar refractivity (Wildman–Crippen MR) is 120 cm³/mol. The molecule has 0 spiro atoms. The number of nitrogens with zero attached hydrogens (tertiary/aromatic N) is 2. The van der Waals surface area contributed by atoms with Crippen LogP contribution in [0, 0.1) is 5.92 Å². The molecule has 1 unspecified atom stereocenters. The first-order valence-corrected chi connectivity index (χ1v) is 10.5. The van der Waals surface area contributed by atoms with Gasteiger partial charge in [0.25, 0.3) is 0 Å². The van der Waals surface area contributed by atoms with Crippen molar-refractivity contribution in [3.63, 3.8) is 0 Å². The van der Waals surface area contributed by atoms with E-state index in [1.807, 2.05) is 31.2 Å². The van der Waals surface area contributed by atoms with Crippen LogP contribution in [0.15, 0.2) is 47.5 Å². The lowest BCUT2D eigenvalue weighted by Gasteiger charge is -2.40. The molecule has 1 atom stereocenters. The van der Waals surface area contributed by atoms with E-state index in [0.717, 1.165) is 55.7 Å². The van der Waals surface area contributed by atoms with Crippen LogP contribution in [0.3, 0.4) is 0 Å². The van der Waals surface area contributed by atoms with Gasteiger partial charge in [-0.25, -0.2) is 4.99 Å². The number of unbranched alkanes of at least 4 members (excludes halogenated alkanes) is 1. The van der Waals surface area contributed by atoms with Gasteiger partial charge in [-0.05, 0) is 43.6 Å². The van der Waals surface area contributed by atoms with E-state index >= 15 is 0 Å². The Morgan fingerprint density at radius 1 is 1.21 bits per heavy atom. The van der Waals surface area contributed by atoms with E-state index in [1.54, 1.807) is 0 Å². The van der Waals surface area contributed by atoms with Crippen LogP contribution in [0.25, 0.3) is 10.8 Å². The fourth-order valence-corrected chi connectivity index (χ4v) is 4.32. The zero-order valence-corrected chi connectivity index (χ0v) is 17.2. The molecule has 6 heteroatoms. The van der Waals surface area contributed by atoms with Crippen molar-refractivity contribution in [1.82, 2.24) is 4.90 Å². The number of likely N-dealkylation sites (tertiary alicyclic amines) is 1. The van der Waals surface area contributed by atoms with Crippen molar-refractivity contribution < 1.29 is 9.90 Å². The first-order valence-electron chi connectivity index (χ1n) is 10.5. The molecule has 1 aliphatic rings. The number of amidine groups is 1. The highest BCUT2D eigenvalue weighted by Gasteiger charge is 2.42. The van der Waals surface area contributed by atoms with Gasteiger partial charge in [0.1, 0.15) is 11.4 Å². The number of rotatable bonds is 7. The summed E-state index contributed by atoms with van der Waals surface area (Å²) in [5.74, 6) is 0.0365. The minimum absolute atomic E-state index is 0.0284. The van der Waals surface area contributed by atoms with Gasteiger partial charge in [-0.1, -0.05) is 55.6 Å². The average Bonchev–Trinajstić information content (AvgIpc) is 2.74. The van der Waals surface area contributed by atoms with Crippen LogP contribution in [-0.2, 0) is 4.79 Å². The van der Waals surface area contributed by atoms with Crippen molar-refractivity contribution in [3.05, 3.63) is 42.5 Å². The van der Waals surface area contributed by atoms with Gasteiger partial charge in [-0.3, -0.25) is 4.79 Å². The molecule has 3 rings (SSSR count). The molecule has 3 N–H and O–H groups in total. The summed E-state index contributed by atoms with van der Waals surface area (Å²) in [4.78, 5) is 19.0. The maximum atomic E-state index is 11.9. The van der Waals surface area contributed by atoms with Gasteiger partial charge in [-0.2, -0.15) is 0 Å². The normalized spacial score (nSPS) is 18.0. The molecule has 1 heterocycles. The lowest BCUT2D eigenvalue weighted by molar-refractivity contribution is -0.146. The molecule has 2 aromatic carbocycles. The van der Waals surface area contributed by atoms with Crippen molar-refractivity contribution in [1.29, 1.82) is 0 Å². The van der Waals surface area contributed by atoms with Crippen LogP contribution >= 0.6 is 0 Å². The topological polar surface area (TPSA) is 78.9 Å². The molecule has 2 radical (unpaired) electrons. The zero-order chi connectivity index (χ0) is 20.9. The average molecular weight is 391 g/mol. The summed E-state index contributed by atoms with van der Waals surface area (Å²) < 4.78 is 0. The fraction of sp³-hybridized carbons (Fsp3) is 0.478. The number of hydrogen-bond acceptors (Lipinski definition) is 3. The molecule has 0 aliphatic carbocycles. The van der Waals surface area contributed by atoms with Crippen molar-refractivity contribution in [3.8, 4) is 0 Å². The Balaban J connectivity index is 1.69. The quantitative estimate of drug-likeness (QED) is 0.322. The molecular weight excluding hydrogens is 361 g/mol. The molecule has 0 amide bonds.